The summed E-state index contributed by atoms with van der Waals surface area (Å²) in [7, 11) is 0. The molecule has 0 radical (unpaired) electrons. The van der Waals surface area contributed by atoms with Crippen molar-refractivity contribution in [2.75, 3.05) is 25.3 Å². The van der Waals surface area contributed by atoms with Crippen LogP contribution in [0.4, 0.5) is 0 Å². The molecule has 2 unspecified atom stereocenters. The van der Waals surface area contributed by atoms with Crippen LogP contribution in [0, 0.1) is 5.92 Å². The summed E-state index contributed by atoms with van der Waals surface area (Å²) in [5.74, 6) is -2.29. The fourth-order valence-corrected chi connectivity index (χ4v) is 5.56. The van der Waals surface area contributed by atoms with Crippen LogP contribution in [0.25, 0.3) is 0 Å². The lowest BCUT2D eigenvalue weighted by molar-refractivity contribution is -0.164. The number of nitrogens with two attached hydrogens (primary N) is 3. The summed E-state index contributed by atoms with van der Waals surface area (Å²) in [6.45, 7) is 0.198. The smallest absolute Gasteiger partial charge is 0.351 e. The number of guanidine groups is 1. The van der Waals surface area contributed by atoms with Gasteiger partial charge in [0.1, 0.15) is 3.41 Å². The summed E-state index contributed by atoms with van der Waals surface area (Å²) in [5.41, 5.74) is 13.8. The van der Waals surface area contributed by atoms with Crippen molar-refractivity contribution in [2.45, 2.75) is 15.6 Å². The number of aliphatic carboxylic acids is 1. The van der Waals surface area contributed by atoms with Crippen molar-refractivity contribution in [3.8, 4) is 0 Å². The number of rotatable bonds is 9. The van der Waals surface area contributed by atoms with Crippen LogP contribution < -0.4 is 17.2 Å². The van der Waals surface area contributed by atoms with Gasteiger partial charge in [0.05, 0.1) is 0 Å². The fourth-order valence-electron chi connectivity index (χ4n) is 1.81. The number of nitrogens with zero attached hydrogens (tertiary/aromatic N) is 1. The predicted octanol–water partition coefficient (Wildman–Crippen LogP) is -0.259. The number of carboxylic acid groups (broad SMARTS) is 1. The van der Waals surface area contributed by atoms with Gasteiger partial charge < -0.3 is 21.7 Å². The molecule has 118 valence electrons. The zero-order valence-electron chi connectivity index (χ0n) is 11.7. The second-order valence-corrected chi connectivity index (χ2v) is 7.93. The highest BCUT2D eigenvalue weighted by molar-refractivity contribution is 8.33. The molecule has 0 bridgehead atoms. The van der Waals surface area contributed by atoms with E-state index in [0.29, 0.717) is 0 Å². The van der Waals surface area contributed by atoms with Gasteiger partial charge in [-0.05, 0) is 25.2 Å². The van der Waals surface area contributed by atoms with E-state index in [2.05, 4.69) is 4.99 Å². The van der Waals surface area contributed by atoms with Crippen molar-refractivity contribution < 1.29 is 15.0 Å². The highest BCUT2D eigenvalue weighted by atomic mass is 32.3. The first-order valence-electron chi connectivity index (χ1n) is 5.63. The molecule has 0 aliphatic rings. The minimum atomic E-state index is -2.35. The summed E-state index contributed by atoms with van der Waals surface area (Å²) in [6.07, 6.45) is 5.79. The van der Waals surface area contributed by atoms with E-state index in [1.807, 2.05) is 18.8 Å². The van der Waals surface area contributed by atoms with Gasteiger partial charge >= 0.3 is 5.97 Å². The molecule has 0 rings (SSSR count). The number of thioether (sulfide) groups is 3. The zero-order chi connectivity index (χ0) is 16.0. The van der Waals surface area contributed by atoms with Crippen LogP contribution in [0.5, 0.6) is 0 Å². The van der Waals surface area contributed by atoms with Gasteiger partial charge in [-0.1, -0.05) is 0 Å². The molecule has 0 amide bonds. The molecule has 10 heteroatoms. The molecule has 0 aliphatic heterocycles. The third-order valence-corrected chi connectivity index (χ3v) is 8.43. The molecule has 0 spiro atoms. The van der Waals surface area contributed by atoms with Crippen LogP contribution in [-0.4, -0.2) is 56.6 Å². The van der Waals surface area contributed by atoms with Crippen molar-refractivity contribution in [2.24, 2.45) is 28.1 Å². The Hall–Kier alpha value is -0.290. The number of hydrogen-bond donors (Lipinski definition) is 5. The SMILES string of the molecule is CSC(SC)(SC)C(CCN=C(N)N)C(N)(O)C(=O)O. The Morgan fingerprint density at radius 3 is 2.00 bits per heavy atom. The molecule has 0 aromatic heterocycles. The second kappa shape index (κ2) is 8.23. The second-order valence-electron chi connectivity index (χ2n) is 3.99. The minimum absolute atomic E-state index is 0.0808. The third-order valence-electron chi connectivity index (χ3n) is 2.87. The van der Waals surface area contributed by atoms with E-state index in [1.54, 1.807) is 0 Å². The maximum atomic E-state index is 11.3. The Morgan fingerprint density at radius 2 is 1.70 bits per heavy atom. The van der Waals surface area contributed by atoms with Gasteiger partial charge in [-0.25, -0.2) is 4.79 Å². The molecule has 20 heavy (non-hydrogen) atoms. The average Bonchev–Trinajstić information content (AvgIpc) is 2.38. The molecule has 0 saturated heterocycles. The Morgan fingerprint density at radius 1 is 1.25 bits per heavy atom. The summed E-state index contributed by atoms with van der Waals surface area (Å²) >= 11 is 4.32. The van der Waals surface area contributed by atoms with E-state index in [-0.39, 0.29) is 18.9 Å². The summed E-state index contributed by atoms with van der Waals surface area (Å²) < 4.78 is -0.610. The maximum Gasteiger partial charge on any atom is 0.351 e. The van der Waals surface area contributed by atoms with E-state index in [4.69, 9.17) is 17.2 Å². The van der Waals surface area contributed by atoms with E-state index in [9.17, 15) is 15.0 Å². The number of carboxylic acids is 1. The summed E-state index contributed by atoms with van der Waals surface area (Å²) in [5, 5.41) is 19.4. The predicted molar refractivity (Wildman–Crippen MR) is 88.8 cm³/mol. The molecule has 0 fully saturated rings. The normalized spacial score (nSPS) is 16.2. The van der Waals surface area contributed by atoms with E-state index >= 15 is 0 Å². The molecule has 0 aromatic carbocycles. The highest BCUT2D eigenvalue weighted by Gasteiger charge is 2.52. The maximum absolute atomic E-state index is 11.3. The average molecular weight is 343 g/mol. The standard InChI is InChI=1S/C10H22N4O3S3/c1-18-10(19-2,20-3)6(4-5-14-8(11)12)9(13,17)7(15)16/h6,17H,4-5,13H2,1-3H3,(H,15,16)(H4,11,12,14). The third kappa shape index (κ3) is 4.62. The molecule has 0 aliphatic carbocycles. The Labute approximate surface area is 131 Å². The fraction of sp³-hybridized carbons (Fsp3) is 0.800. The lowest BCUT2D eigenvalue weighted by Gasteiger charge is -2.42. The van der Waals surface area contributed by atoms with Crippen LogP contribution in [0.3, 0.4) is 0 Å². The number of aliphatic hydroxyl groups is 1. The van der Waals surface area contributed by atoms with Gasteiger partial charge in [0.2, 0.25) is 5.72 Å². The van der Waals surface area contributed by atoms with Gasteiger partial charge in [0.25, 0.3) is 0 Å². The molecular weight excluding hydrogens is 320 g/mol. The van der Waals surface area contributed by atoms with E-state index in [0.717, 1.165) is 0 Å². The van der Waals surface area contributed by atoms with Crippen molar-refractivity contribution in [3.63, 3.8) is 0 Å². The topological polar surface area (TPSA) is 148 Å². The van der Waals surface area contributed by atoms with E-state index < -0.39 is 21.0 Å². The molecule has 7 nitrogen and oxygen atoms in total. The van der Waals surface area contributed by atoms with Crippen molar-refractivity contribution in [1.29, 1.82) is 0 Å². The molecule has 8 N–H and O–H groups in total. The quantitative estimate of drug-likeness (QED) is 0.217. The Kier molecular flexibility index (Phi) is 8.11. The lowest BCUT2D eigenvalue weighted by Crippen LogP contribution is -2.59. The molecule has 2 atom stereocenters. The first kappa shape index (κ1) is 19.7. The van der Waals surface area contributed by atoms with Crippen LogP contribution in [0.2, 0.25) is 0 Å². The minimum Gasteiger partial charge on any atom is -0.478 e. The largest absolute Gasteiger partial charge is 0.478 e. The van der Waals surface area contributed by atoms with Crippen LogP contribution in [0.1, 0.15) is 6.42 Å². The van der Waals surface area contributed by atoms with Gasteiger partial charge in [-0.3, -0.25) is 10.7 Å². The van der Waals surface area contributed by atoms with E-state index in [1.165, 1.54) is 35.3 Å². The molecule has 0 heterocycles. The summed E-state index contributed by atoms with van der Waals surface area (Å²) in [6, 6.07) is 0. The first-order chi connectivity index (χ1) is 9.17. The molecule has 0 saturated carbocycles. The number of aliphatic imine (C=N–C) groups is 1. The number of hydrogen-bond acceptors (Lipinski definition) is 7. The van der Waals surface area contributed by atoms with Crippen molar-refractivity contribution in [1.82, 2.24) is 0 Å². The first-order valence-corrected chi connectivity index (χ1v) is 9.30. The van der Waals surface area contributed by atoms with Crippen LogP contribution >= 0.6 is 35.3 Å². The highest BCUT2D eigenvalue weighted by Crippen LogP contribution is 2.52. The summed E-state index contributed by atoms with van der Waals surface area (Å²) in [4.78, 5) is 15.1. The zero-order valence-corrected chi connectivity index (χ0v) is 14.1. The number of carbonyl (C=O) groups is 1. The molecule has 0 aromatic rings. The Bertz CT molecular complexity index is 349. The van der Waals surface area contributed by atoms with Gasteiger partial charge in [-0.15, -0.1) is 35.3 Å². The van der Waals surface area contributed by atoms with Crippen LogP contribution in [-0.2, 0) is 4.79 Å². The van der Waals surface area contributed by atoms with Gasteiger partial charge in [-0.2, -0.15) is 0 Å². The lowest BCUT2D eigenvalue weighted by atomic mass is 9.94. The van der Waals surface area contributed by atoms with Crippen LogP contribution in [0.15, 0.2) is 4.99 Å². The van der Waals surface area contributed by atoms with Crippen molar-refractivity contribution in [3.05, 3.63) is 0 Å². The monoisotopic (exact) mass is 342 g/mol. The van der Waals surface area contributed by atoms with Gasteiger partial charge in [0, 0.05) is 12.5 Å². The van der Waals surface area contributed by atoms with Crippen molar-refractivity contribution >= 4 is 47.2 Å². The van der Waals surface area contributed by atoms with Gasteiger partial charge in [0.15, 0.2) is 5.96 Å². The Balaban J connectivity index is 5.45. The molecular formula is C10H22N4O3S3.